The highest BCUT2D eigenvalue weighted by Gasteiger charge is 2.52. The van der Waals surface area contributed by atoms with Crippen molar-refractivity contribution in [2.75, 3.05) is 26.4 Å². The lowest BCUT2D eigenvalue weighted by atomic mass is 9.94. The fourth-order valence-corrected chi connectivity index (χ4v) is 5.44. The maximum absolute atomic E-state index is 12.7. The number of carbonyl (C=O) groups excluding carboxylic acids is 2. The Bertz CT molecular complexity index is 1130. The van der Waals surface area contributed by atoms with Crippen LogP contribution in [0.4, 0.5) is 0 Å². The van der Waals surface area contributed by atoms with Gasteiger partial charge >= 0.3 is 0 Å². The molecule has 0 aromatic carbocycles. The van der Waals surface area contributed by atoms with Crippen LogP contribution in [-0.2, 0) is 33.3 Å². The van der Waals surface area contributed by atoms with Crippen molar-refractivity contribution in [1.29, 1.82) is 0 Å². The maximum Gasteiger partial charge on any atom is 0.221 e. The summed E-state index contributed by atoms with van der Waals surface area (Å²) in [6.07, 6.45) is -12.4. The zero-order valence-corrected chi connectivity index (χ0v) is 25.6. The molecule has 0 spiro atoms. The van der Waals surface area contributed by atoms with Gasteiger partial charge in [-0.05, 0) is 12.5 Å². The largest absolute Gasteiger partial charge is 0.394 e. The molecule has 0 aromatic heterocycles. The first-order valence-corrected chi connectivity index (χ1v) is 15.0. The van der Waals surface area contributed by atoms with E-state index in [0.717, 1.165) is 0 Å². The van der Waals surface area contributed by atoms with Gasteiger partial charge in [-0.1, -0.05) is 5.11 Å². The van der Waals surface area contributed by atoms with E-state index in [2.05, 4.69) is 26.6 Å². The number of hydrogen-bond donors (Lipinski definition) is 10. The van der Waals surface area contributed by atoms with Gasteiger partial charge in [-0.3, -0.25) is 9.59 Å². The quantitative estimate of drug-likeness (QED) is 0.0356. The number of rotatable bonds is 14. The Morgan fingerprint density at radius 3 is 2.11 bits per heavy atom. The number of terminal acetylenes is 1. The smallest absolute Gasteiger partial charge is 0.221 e. The summed E-state index contributed by atoms with van der Waals surface area (Å²) in [7, 11) is 0. The van der Waals surface area contributed by atoms with Crippen LogP contribution in [-0.4, -0.2) is 166 Å². The van der Waals surface area contributed by atoms with Gasteiger partial charge in [0.05, 0.1) is 32.0 Å². The van der Waals surface area contributed by atoms with Gasteiger partial charge in [0.25, 0.3) is 0 Å². The van der Waals surface area contributed by atoms with E-state index >= 15 is 0 Å². The monoisotopic (exact) mass is 676 g/mol. The molecule has 2 amide bonds. The Hall–Kier alpha value is -2.71. The van der Waals surface area contributed by atoms with E-state index in [1.54, 1.807) is 6.92 Å². The number of amides is 2. The van der Waals surface area contributed by atoms with Crippen LogP contribution in [0.5, 0.6) is 0 Å². The average Bonchev–Trinajstić information content (AvgIpc) is 3.05. The molecule has 3 fully saturated rings. The first-order chi connectivity index (χ1) is 22.4. The number of nitrogens with two attached hydrogens (primary N) is 1. The minimum Gasteiger partial charge on any atom is -0.394 e. The molecule has 0 aromatic rings. The summed E-state index contributed by atoms with van der Waals surface area (Å²) in [5.74, 6) is 0.967. The number of aliphatic hydroxyl groups is 7. The molecule has 0 bridgehead atoms. The van der Waals surface area contributed by atoms with Crippen LogP contribution in [0.1, 0.15) is 26.2 Å². The molecular formula is C27H44N6O14. The Balaban J connectivity index is 1.85. The zero-order valence-electron chi connectivity index (χ0n) is 25.6. The molecule has 7 unspecified atom stereocenters. The lowest BCUT2D eigenvalue weighted by molar-refractivity contribution is -0.335. The molecule has 0 saturated carbocycles. The minimum absolute atomic E-state index is 0.0537. The SMILES string of the molecule is C#CCCC(=O)N[C@H]1C(OCC2O[C@@H](C)C(N)[C@@H](O)[C@@H]2O)OC(CO)[C@H](O[C@@H]2OC(CO)[C@@H](O)[C@H](O)C2NC(=O)CCN=[N+]=[N-])C1O. The van der Waals surface area contributed by atoms with Gasteiger partial charge in [0.1, 0.15) is 67.0 Å². The van der Waals surface area contributed by atoms with E-state index in [9.17, 15) is 45.3 Å². The van der Waals surface area contributed by atoms with Gasteiger partial charge in [-0.15, -0.1) is 12.3 Å². The van der Waals surface area contributed by atoms with Crippen LogP contribution in [0.3, 0.4) is 0 Å². The van der Waals surface area contributed by atoms with Crippen LogP contribution in [0.2, 0.25) is 0 Å². The second-order valence-corrected chi connectivity index (χ2v) is 11.4. The summed E-state index contributed by atoms with van der Waals surface area (Å²) in [6.45, 7) is -0.620. The molecule has 15 atom stereocenters. The second kappa shape index (κ2) is 18.2. The summed E-state index contributed by atoms with van der Waals surface area (Å²) < 4.78 is 28.9. The summed E-state index contributed by atoms with van der Waals surface area (Å²) in [6, 6.07) is -3.79. The Morgan fingerprint density at radius 2 is 1.49 bits per heavy atom. The van der Waals surface area contributed by atoms with Gasteiger partial charge in [0.2, 0.25) is 11.8 Å². The van der Waals surface area contributed by atoms with Gasteiger partial charge < -0.3 is 75.8 Å². The number of azide groups is 1. The summed E-state index contributed by atoms with van der Waals surface area (Å²) in [5.41, 5.74) is 14.3. The molecule has 3 aliphatic rings. The van der Waals surface area contributed by atoms with Crippen molar-refractivity contribution in [3.8, 4) is 12.3 Å². The van der Waals surface area contributed by atoms with Crippen LogP contribution < -0.4 is 16.4 Å². The first-order valence-electron chi connectivity index (χ1n) is 15.0. The molecule has 266 valence electrons. The fraction of sp³-hybridized carbons (Fsp3) is 0.852. The normalized spacial score (nSPS) is 40.5. The molecule has 20 nitrogen and oxygen atoms in total. The number of carbonyl (C=O) groups is 2. The van der Waals surface area contributed by atoms with Crippen molar-refractivity contribution in [1.82, 2.24) is 10.6 Å². The van der Waals surface area contributed by atoms with Gasteiger partial charge in [-0.2, -0.15) is 0 Å². The van der Waals surface area contributed by atoms with Crippen LogP contribution in [0.25, 0.3) is 10.4 Å². The maximum atomic E-state index is 12.7. The van der Waals surface area contributed by atoms with Gasteiger partial charge in [-0.25, -0.2) is 0 Å². The highest BCUT2D eigenvalue weighted by molar-refractivity contribution is 5.77. The van der Waals surface area contributed by atoms with Gasteiger partial charge in [0.15, 0.2) is 12.6 Å². The molecular weight excluding hydrogens is 632 g/mol. The number of nitrogens with one attached hydrogen (secondary N) is 2. The number of hydrogen-bond acceptors (Lipinski definition) is 16. The number of ether oxygens (including phenoxy) is 5. The van der Waals surface area contributed by atoms with E-state index in [0.29, 0.717) is 0 Å². The highest BCUT2D eigenvalue weighted by Crippen LogP contribution is 2.31. The van der Waals surface area contributed by atoms with Crippen molar-refractivity contribution in [2.45, 2.75) is 118 Å². The van der Waals surface area contributed by atoms with Gasteiger partial charge in [0, 0.05) is 30.7 Å². The van der Waals surface area contributed by atoms with Crippen LogP contribution in [0, 0.1) is 12.3 Å². The molecule has 3 aliphatic heterocycles. The predicted octanol–water partition coefficient (Wildman–Crippen LogP) is -5.17. The first kappa shape index (κ1) is 38.7. The fourth-order valence-electron chi connectivity index (χ4n) is 5.44. The van der Waals surface area contributed by atoms with E-state index in [1.165, 1.54) is 0 Å². The standard InChI is InChI=1S/C27H44N6O14/c1-3-4-5-15(36)31-19-24(42)25(13(9-35)46-26(19)43-10-14-21(39)22(40)17(28)11(2)44-14)47-27-18(32-16(37)6-7-30-33-29)23(41)20(38)12(8-34)45-27/h1,11-14,17-27,34-35,38-42H,4-10,28H2,2H3,(H,31,36)(H,32,37)/t11-,12?,13?,14?,17?,18?,19+,20+,21+,22+,23+,24?,25-,26?,27-/m0/s1. The molecule has 11 N–H and O–H groups in total. The zero-order chi connectivity index (χ0) is 34.8. The van der Waals surface area contributed by atoms with Crippen LogP contribution in [0.15, 0.2) is 5.11 Å². The van der Waals surface area contributed by atoms with Crippen molar-refractivity contribution in [3.05, 3.63) is 10.4 Å². The third-order valence-electron chi connectivity index (χ3n) is 8.16. The molecule has 0 aliphatic carbocycles. The van der Waals surface area contributed by atoms with Crippen molar-refractivity contribution in [3.63, 3.8) is 0 Å². The highest BCUT2D eigenvalue weighted by atomic mass is 16.7. The summed E-state index contributed by atoms with van der Waals surface area (Å²) in [4.78, 5) is 27.8. The molecule has 3 rings (SSSR count). The molecule has 3 saturated heterocycles. The topological polar surface area (TPSA) is 321 Å². The molecule has 20 heteroatoms. The third-order valence-corrected chi connectivity index (χ3v) is 8.16. The summed E-state index contributed by atoms with van der Waals surface area (Å²) >= 11 is 0. The molecule has 0 radical (unpaired) electrons. The molecule has 3 heterocycles. The Kier molecular flexibility index (Phi) is 15.0. The van der Waals surface area contributed by atoms with Crippen molar-refractivity contribution < 1.29 is 69.0 Å². The van der Waals surface area contributed by atoms with Crippen LogP contribution >= 0.6 is 0 Å². The van der Waals surface area contributed by atoms with Crippen molar-refractivity contribution >= 4 is 11.8 Å². The summed E-state index contributed by atoms with van der Waals surface area (Å²) in [5, 5.41) is 81.7. The van der Waals surface area contributed by atoms with E-state index in [1.807, 2.05) is 0 Å². The minimum atomic E-state index is -1.76. The predicted molar refractivity (Wildman–Crippen MR) is 155 cm³/mol. The lowest BCUT2D eigenvalue weighted by Gasteiger charge is -2.48. The van der Waals surface area contributed by atoms with Crippen molar-refractivity contribution in [2.24, 2.45) is 10.8 Å². The molecule has 47 heavy (non-hydrogen) atoms. The van der Waals surface area contributed by atoms with E-state index in [-0.39, 0.29) is 25.8 Å². The third kappa shape index (κ3) is 9.69. The Morgan fingerprint density at radius 1 is 0.894 bits per heavy atom. The average molecular weight is 677 g/mol. The number of aliphatic hydroxyl groups excluding tert-OH is 7. The number of nitrogens with zero attached hydrogens (tertiary/aromatic N) is 3. The second-order valence-electron chi connectivity index (χ2n) is 11.4. The van der Waals surface area contributed by atoms with E-state index < -0.39 is 123 Å². The van der Waals surface area contributed by atoms with E-state index in [4.69, 9.17) is 41.4 Å². The Labute approximate surface area is 269 Å². The lowest BCUT2D eigenvalue weighted by Crippen LogP contribution is -2.69.